The molecule has 1 unspecified atom stereocenters. The van der Waals surface area contributed by atoms with Crippen LogP contribution in [0, 0.1) is 5.92 Å². The Bertz CT molecular complexity index is 593. The van der Waals surface area contributed by atoms with Crippen molar-refractivity contribution < 1.29 is 18.3 Å². The minimum absolute atomic E-state index is 0.0529. The Morgan fingerprint density at radius 3 is 2.83 bits per heavy atom. The number of nitrogens with two attached hydrogens (primary N) is 1. The van der Waals surface area contributed by atoms with Gasteiger partial charge in [-0.2, -0.15) is 0 Å². The molecule has 0 spiro atoms. The van der Waals surface area contributed by atoms with Gasteiger partial charge in [0.2, 0.25) is 5.92 Å². The Hall–Kier alpha value is -2.05. The second-order valence-corrected chi connectivity index (χ2v) is 6.03. The number of ether oxygens (including phenoxy) is 2. The minimum atomic E-state index is -2.54. The number of guanidine groups is 1. The molecule has 2 aliphatic rings. The van der Waals surface area contributed by atoms with Crippen LogP contribution in [0.5, 0.6) is 11.5 Å². The second kappa shape index (κ2) is 6.60. The average Bonchev–Trinajstić information content (AvgIpc) is 2.71. The van der Waals surface area contributed by atoms with Gasteiger partial charge < -0.3 is 20.5 Å². The van der Waals surface area contributed by atoms with Gasteiger partial charge in [-0.1, -0.05) is 0 Å². The van der Waals surface area contributed by atoms with Crippen LogP contribution in [0.15, 0.2) is 23.2 Å². The van der Waals surface area contributed by atoms with Crippen molar-refractivity contribution in [1.82, 2.24) is 0 Å². The number of benzene rings is 1. The predicted molar refractivity (Wildman–Crippen MR) is 84.4 cm³/mol. The molecule has 1 saturated carbocycles. The molecule has 0 radical (unpaired) electrons. The van der Waals surface area contributed by atoms with Crippen molar-refractivity contribution in [3.63, 3.8) is 0 Å². The topological polar surface area (TPSA) is 68.9 Å². The van der Waals surface area contributed by atoms with E-state index in [4.69, 9.17) is 15.2 Å². The predicted octanol–water partition coefficient (Wildman–Crippen LogP) is 3.01. The van der Waals surface area contributed by atoms with E-state index in [1.807, 2.05) is 12.1 Å². The lowest BCUT2D eigenvalue weighted by Gasteiger charge is -2.12. The van der Waals surface area contributed by atoms with Gasteiger partial charge in [-0.15, -0.1) is 0 Å². The van der Waals surface area contributed by atoms with Gasteiger partial charge in [0.25, 0.3) is 0 Å². The third kappa shape index (κ3) is 4.24. The van der Waals surface area contributed by atoms with Crippen LogP contribution >= 0.6 is 0 Å². The molecule has 5 nitrogen and oxygen atoms in total. The van der Waals surface area contributed by atoms with Gasteiger partial charge in [0.1, 0.15) is 0 Å². The molecule has 0 amide bonds. The number of rotatable bonds is 3. The molecule has 1 fully saturated rings. The fourth-order valence-electron chi connectivity index (χ4n) is 2.85. The summed E-state index contributed by atoms with van der Waals surface area (Å²) in [4.78, 5) is 4.18. The standard InChI is InChI=1S/C16H21F2N3O2/c17-16(18)5-4-11(9-16)10-20-15(19)21-12-2-3-13-14(8-12)23-7-1-6-22-13/h2-3,8,11H,1,4-7,9-10H2,(H3,19,20,21). The highest BCUT2D eigenvalue weighted by Gasteiger charge is 2.39. The number of anilines is 1. The van der Waals surface area contributed by atoms with Gasteiger partial charge in [0.15, 0.2) is 17.5 Å². The van der Waals surface area contributed by atoms with Crippen LogP contribution in [0.4, 0.5) is 14.5 Å². The molecule has 1 atom stereocenters. The lowest BCUT2D eigenvalue weighted by atomic mass is 10.1. The summed E-state index contributed by atoms with van der Waals surface area (Å²) in [6, 6.07) is 5.43. The third-order valence-corrected chi connectivity index (χ3v) is 4.05. The lowest BCUT2D eigenvalue weighted by Crippen LogP contribution is -2.23. The summed E-state index contributed by atoms with van der Waals surface area (Å²) < 4.78 is 37.4. The number of hydrogen-bond donors (Lipinski definition) is 2. The minimum Gasteiger partial charge on any atom is -0.490 e. The molecule has 7 heteroatoms. The normalized spacial score (nSPS) is 23.4. The fourth-order valence-corrected chi connectivity index (χ4v) is 2.85. The van der Waals surface area contributed by atoms with Crippen LogP contribution < -0.4 is 20.5 Å². The smallest absolute Gasteiger partial charge is 0.248 e. The number of nitrogens with one attached hydrogen (secondary N) is 1. The maximum absolute atomic E-state index is 13.1. The van der Waals surface area contributed by atoms with Gasteiger partial charge in [-0.05, 0) is 24.5 Å². The van der Waals surface area contributed by atoms with Crippen LogP contribution in [0.25, 0.3) is 0 Å². The van der Waals surface area contributed by atoms with Crippen LogP contribution in [0.3, 0.4) is 0 Å². The van der Waals surface area contributed by atoms with Crippen molar-refractivity contribution in [2.24, 2.45) is 16.6 Å². The highest BCUT2D eigenvalue weighted by molar-refractivity contribution is 5.92. The van der Waals surface area contributed by atoms with Crippen LogP contribution in [0.1, 0.15) is 25.7 Å². The van der Waals surface area contributed by atoms with Crippen molar-refractivity contribution in [2.45, 2.75) is 31.6 Å². The number of fused-ring (bicyclic) bond motifs is 1. The average molecular weight is 325 g/mol. The van der Waals surface area contributed by atoms with Crippen LogP contribution in [0.2, 0.25) is 0 Å². The number of nitrogens with zero attached hydrogens (tertiary/aromatic N) is 1. The summed E-state index contributed by atoms with van der Waals surface area (Å²) in [5, 5.41) is 2.96. The van der Waals surface area contributed by atoms with Gasteiger partial charge in [0.05, 0.1) is 13.2 Å². The number of aliphatic imine (C=N–C) groups is 1. The van der Waals surface area contributed by atoms with Crippen molar-refractivity contribution >= 4 is 11.6 Å². The zero-order valence-electron chi connectivity index (χ0n) is 12.9. The van der Waals surface area contributed by atoms with E-state index >= 15 is 0 Å². The van der Waals surface area contributed by atoms with Crippen molar-refractivity contribution in [2.75, 3.05) is 25.1 Å². The molecule has 126 valence electrons. The molecule has 3 rings (SSSR count). The van der Waals surface area contributed by atoms with Gasteiger partial charge in [0, 0.05) is 37.6 Å². The summed E-state index contributed by atoms with van der Waals surface area (Å²) in [7, 11) is 0. The Labute approximate surface area is 133 Å². The Morgan fingerprint density at radius 2 is 2.09 bits per heavy atom. The maximum Gasteiger partial charge on any atom is 0.248 e. The first kappa shape index (κ1) is 15.8. The molecular formula is C16H21F2N3O2. The van der Waals surface area contributed by atoms with Crippen LogP contribution in [-0.4, -0.2) is 31.6 Å². The quantitative estimate of drug-likeness (QED) is 0.662. The molecule has 0 saturated heterocycles. The first-order valence-corrected chi connectivity index (χ1v) is 7.86. The van der Waals surface area contributed by atoms with Crippen molar-refractivity contribution in [3.8, 4) is 11.5 Å². The van der Waals surface area contributed by atoms with E-state index in [1.54, 1.807) is 6.07 Å². The van der Waals surface area contributed by atoms with E-state index in [-0.39, 0.29) is 24.7 Å². The molecule has 1 aliphatic carbocycles. The Morgan fingerprint density at radius 1 is 1.30 bits per heavy atom. The SMILES string of the molecule is NC(=NCC1CCC(F)(F)C1)Nc1ccc2c(c1)OCCCO2. The van der Waals surface area contributed by atoms with Crippen molar-refractivity contribution in [1.29, 1.82) is 0 Å². The summed E-state index contributed by atoms with van der Waals surface area (Å²) >= 11 is 0. The number of halogens is 2. The molecule has 3 N–H and O–H groups in total. The van der Waals surface area contributed by atoms with Gasteiger partial charge >= 0.3 is 0 Å². The molecule has 0 bridgehead atoms. The zero-order chi connectivity index (χ0) is 16.3. The largest absolute Gasteiger partial charge is 0.490 e. The summed E-state index contributed by atoms with van der Waals surface area (Å²) in [6.07, 6.45) is 1.18. The molecule has 23 heavy (non-hydrogen) atoms. The van der Waals surface area contributed by atoms with Gasteiger partial charge in [-0.25, -0.2) is 8.78 Å². The fraction of sp³-hybridized carbons (Fsp3) is 0.562. The summed E-state index contributed by atoms with van der Waals surface area (Å²) in [5.74, 6) is -1.06. The second-order valence-electron chi connectivity index (χ2n) is 6.03. The number of alkyl halides is 2. The van der Waals surface area contributed by atoms with E-state index in [0.29, 0.717) is 37.7 Å². The Balaban J connectivity index is 1.58. The van der Waals surface area contributed by atoms with E-state index in [0.717, 1.165) is 12.1 Å². The summed E-state index contributed by atoms with van der Waals surface area (Å²) in [6.45, 7) is 1.56. The van der Waals surface area contributed by atoms with E-state index < -0.39 is 5.92 Å². The third-order valence-electron chi connectivity index (χ3n) is 4.05. The maximum atomic E-state index is 13.1. The highest BCUT2D eigenvalue weighted by atomic mass is 19.3. The molecule has 1 aromatic carbocycles. The first-order chi connectivity index (χ1) is 11.0. The summed E-state index contributed by atoms with van der Waals surface area (Å²) in [5.41, 5.74) is 6.57. The molecule has 1 aliphatic heterocycles. The Kier molecular flexibility index (Phi) is 4.54. The first-order valence-electron chi connectivity index (χ1n) is 7.86. The molecular weight excluding hydrogens is 304 g/mol. The molecule has 0 aromatic heterocycles. The van der Waals surface area contributed by atoms with E-state index in [2.05, 4.69) is 10.3 Å². The highest BCUT2D eigenvalue weighted by Crippen LogP contribution is 2.38. The lowest BCUT2D eigenvalue weighted by molar-refractivity contribution is 0.00542. The van der Waals surface area contributed by atoms with Gasteiger partial charge in [-0.3, -0.25) is 4.99 Å². The number of hydrogen-bond acceptors (Lipinski definition) is 3. The van der Waals surface area contributed by atoms with E-state index in [1.165, 1.54) is 0 Å². The molecule has 1 aromatic rings. The van der Waals surface area contributed by atoms with Crippen LogP contribution in [-0.2, 0) is 0 Å². The van der Waals surface area contributed by atoms with Crippen molar-refractivity contribution in [3.05, 3.63) is 18.2 Å². The zero-order valence-corrected chi connectivity index (χ0v) is 12.9. The molecule has 1 heterocycles. The van der Waals surface area contributed by atoms with E-state index in [9.17, 15) is 8.78 Å². The monoisotopic (exact) mass is 325 g/mol.